The smallest absolute Gasteiger partial charge is 0.338 e. The third kappa shape index (κ3) is 3.62. The maximum Gasteiger partial charge on any atom is 0.338 e. The Morgan fingerprint density at radius 1 is 1.42 bits per heavy atom. The van der Waals surface area contributed by atoms with Gasteiger partial charge in [-0.2, -0.15) is 0 Å². The molecule has 1 aromatic carbocycles. The molecule has 0 unspecified atom stereocenters. The van der Waals surface area contributed by atoms with Crippen molar-refractivity contribution < 1.29 is 19.1 Å². The van der Waals surface area contributed by atoms with Crippen molar-refractivity contribution in [3.05, 3.63) is 45.6 Å². The molecule has 2 amide bonds. The Hall–Kier alpha value is -1.86. The minimum Gasteiger partial charge on any atom is -0.459 e. The molecular formula is C17H19BrN2O4. The van der Waals surface area contributed by atoms with Crippen LogP contribution in [0.25, 0.3) is 0 Å². The second-order valence-electron chi connectivity index (χ2n) is 5.83. The molecule has 2 N–H and O–H groups in total. The molecule has 2 aliphatic rings. The number of urea groups is 1. The Morgan fingerprint density at radius 3 is 2.92 bits per heavy atom. The van der Waals surface area contributed by atoms with E-state index >= 15 is 0 Å². The first-order valence-electron chi connectivity index (χ1n) is 7.87. The fraction of sp³-hybridized carbons (Fsp3) is 0.412. The number of carbonyl (C=O) groups excluding carboxylic acids is 2. The molecule has 0 aliphatic carbocycles. The molecule has 0 aromatic heterocycles. The third-order valence-corrected chi connectivity index (χ3v) is 4.85. The SMILES string of the molecule is CC1=C(C(=O)OC[C@@H]2CCCO2)[C@H](c2ccccc2Br)NC(=O)N1. The third-order valence-electron chi connectivity index (χ3n) is 4.13. The van der Waals surface area contributed by atoms with Gasteiger partial charge in [-0.3, -0.25) is 0 Å². The number of esters is 1. The minimum atomic E-state index is -0.564. The summed E-state index contributed by atoms with van der Waals surface area (Å²) in [7, 11) is 0. The van der Waals surface area contributed by atoms with Crippen LogP contribution in [0.2, 0.25) is 0 Å². The highest BCUT2D eigenvalue weighted by Gasteiger charge is 2.33. The fourth-order valence-corrected chi connectivity index (χ4v) is 3.44. The number of ether oxygens (including phenoxy) is 2. The summed E-state index contributed by atoms with van der Waals surface area (Å²) in [6.45, 7) is 2.64. The molecule has 2 atom stereocenters. The van der Waals surface area contributed by atoms with Gasteiger partial charge in [-0.25, -0.2) is 9.59 Å². The summed E-state index contributed by atoms with van der Waals surface area (Å²) in [6, 6.07) is 6.56. The maximum atomic E-state index is 12.6. The minimum absolute atomic E-state index is 0.0390. The summed E-state index contributed by atoms with van der Waals surface area (Å²) in [6.07, 6.45) is 1.85. The number of amides is 2. The molecular weight excluding hydrogens is 376 g/mol. The van der Waals surface area contributed by atoms with Crippen LogP contribution in [0, 0.1) is 0 Å². The van der Waals surface area contributed by atoms with Gasteiger partial charge in [-0.1, -0.05) is 34.1 Å². The maximum absolute atomic E-state index is 12.6. The second kappa shape index (κ2) is 7.36. The lowest BCUT2D eigenvalue weighted by Gasteiger charge is -2.29. The summed E-state index contributed by atoms with van der Waals surface area (Å²) in [5.41, 5.74) is 1.70. The molecule has 0 saturated carbocycles. The van der Waals surface area contributed by atoms with Crippen molar-refractivity contribution in [3.8, 4) is 0 Å². The van der Waals surface area contributed by atoms with Gasteiger partial charge in [0, 0.05) is 16.8 Å². The highest BCUT2D eigenvalue weighted by atomic mass is 79.9. The van der Waals surface area contributed by atoms with Crippen molar-refractivity contribution >= 4 is 27.9 Å². The van der Waals surface area contributed by atoms with E-state index < -0.39 is 12.0 Å². The van der Waals surface area contributed by atoms with Crippen molar-refractivity contribution in [2.24, 2.45) is 0 Å². The quantitative estimate of drug-likeness (QED) is 0.769. The number of benzene rings is 1. The predicted octanol–water partition coefficient (Wildman–Crippen LogP) is 2.80. The predicted molar refractivity (Wildman–Crippen MR) is 91.2 cm³/mol. The molecule has 0 spiro atoms. The number of hydrogen-bond acceptors (Lipinski definition) is 4. The molecule has 128 valence electrons. The van der Waals surface area contributed by atoms with Crippen LogP contribution in [0.4, 0.5) is 4.79 Å². The Bertz CT molecular complexity index is 683. The van der Waals surface area contributed by atoms with Crippen LogP contribution in [-0.4, -0.2) is 31.3 Å². The molecule has 6 nitrogen and oxygen atoms in total. The Balaban J connectivity index is 1.83. The van der Waals surface area contributed by atoms with E-state index in [0.717, 1.165) is 22.9 Å². The van der Waals surface area contributed by atoms with Gasteiger partial charge in [0.15, 0.2) is 0 Å². The molecule has 0 bridgehead atoms. The van der Waals surface area contributed by atoms with E-state index in [4.69, 9.17) is 9.47 Å². The largest absolute Gasteiger partial charge is 0.459 e. The van der Waals surface area contributed by atoms with Gasteiger partial charge >= 0.3 is 12.0 Å². The van der Waals surface area contributed by atoms with Crippen LogP contribution >= 0.6 is 15.9 Å². The van der Waals surface area contributed by atoms with Gasteiger partial charge in [0.25, 0.3) is 0 Å². The zero-order valence-electron chi connectivity index (χ0n) is 13.3. The topological polar surface area (TPSA) is 76.7 Å². The van der Waals surface area contributed by atoms with Crippen LogP contribution in [0.1, 0.15) is 31.4 Å². The van der Waals surface area contributed by atoms with Crippen LogP contribution < -0.4 is 10.6 Å². The highest BCUT2D eigenvalue weighted by Crippen LogP contribution is 2.32. The van der Waals surface area contributed by atoms with Gasteiger partial charge in [0.05, 0.1) is 17.7 Å². The summed E-state index contributed by atoms with van der Waals surface area (Å²) < 4.78 is 11.7. The normalized spacial score (nSPS) is 23.7. The zero-order chi connectivity index (χ0) is 17.1. The molecule has 1 aromatic rings. The standard InChI is InChI=1S/C17H19BrN2O4/c1-10-14(16(21)24-9-11-5-4-8-23-11)15(20-17(22)19-10)12-6-2-3-7-13(12)18/h2-3,6-7,11,15H,4-5,8-9H2,1H3,(H2,19,20,22)/t11-,15-/m0/s1. The van der Waals surface area contributed by atoms with Crippen LogP contribution in [0.3, 0.4) is 0 Å². The number of halogens is 1. The average Bonchev–Trinajstić information content (AvgIpc) is 3.06. The van der Waals surface area contributed by atoms with E-state index in [1.165, 1.54) is 0 Å². The lowest BCUT2D eigenvalue weighted by Crippen LogP contribution is -2.45. The van der Waals surface area contributed by atoms with Gasteiger partial charge < -0.3 is 20.1 Å². The van der Waals surface area contributed by atoms with Crippen molar-refractivity contribution in [1.29, 1.82) is 0 Å². The number of hydrogen-bond donors (Lipinski definition) is 2. The van der Waals surface area contributed by atoms with E-state index in [2.05, 4.69) is 26.6 Å². The lowest BCUT2D eigenvalue weighted by atomic mass is 9.95. The van der Waals surface area contributed by atoms with Gasteiger partial charge in [-0.15, -0.1) is 0 Å². The van der Waals surface area contributed by atoms with Crippen LogP contribution in [0.5, 0.6) is 0 Å². The van der Waals surface area contributed by atoms with E-state index in [0.29, 0.717) is 17.9 Å². The first kappa shape index (κ1) is 17.0. The Morgan fingerprint density at radius 2 is 2.21 bits per heavy atom. The van der Waals surface area contributed by atoms with E-state index in [9.17, 15) is 9.59 Å². The number of allylic oxidation sites excluding steroid dienone is 1. The van der Waals surface area contributed by atoms with Crippen molar-refractivity contribution in [2.45, 2.75) is 31.9 Å². The molecule has 3 rings (SSSR count). The molecule has 7 heteroatoms. The summed E-state index contributed by atoms with van der Waals surface area (Å²) in [5, 5.41) is 5.43. The van der Waals surface area contributed by atoms with Crippen molar-refractivity contribution in [2.75, 3.05) is 13.2 Å². The van der Waals surface area contributed by atoms with Gasteiger partial charge in [-0.05, 0) is 31.4 Å². The van der Waals surface area contributed by atoms with Gasteiger partial charge in [0.1, 0.15) is 6.61 Å². The molecule has 0 radical (unpaired) electrons. The lowest BCUT2D eigenvalue weighted by molar-refractivity contribution is -0.142. The number of carbonyl (C=O) groups is 2. The molecule has 1 fully saturated rings. The Kier molecular flexibility index (Phi) is 5.20. The van der Waals surface area contributed by atoms with Crippen molar-refractivity contribution in [3.63, 3.8) is 0 Å². The van der Waals surface area contributed by atoms with Crippen molar-refractivity contribution in [1.82, 2.24) is 10.6 Å². The number of nitrogens with one attached hydrogen (secondary N) is 2. The molecule has 24 heavy (non-hydrogen) atoms. The van der Waals surface area contributed by atoms with Crippen LogP contribution in [-0.2, 0) is 14.3 Å². The van der Waals surface area contributed by atoms with E-state index in [1.54, 1.807) is 6.92 Å². The first-order valence-corrected chi connectivity index (χ1v) is 8.67. The summed E-state index contributed by atoms with van der Waals surface area (Å²) in [5.74, 6) is -0.448. The monoisotopic (exact) mass is 394 g/mol. The molecule has 2 heterocycles. The summed E-state index contributed by atoms with van der Waals surface area (Å²) >= 11 is 3.47. The van der Waals surface area contributed by atoms with Gasteiger partial charge in [0.2, 0.25) is 0 Å². The summed E-state index contributed by atoms with van der Waals surface area (Å²) in [4.78, 5) is 24.5. The fourth-order valence-electron chi connectivity index (χ4n) is 2.93. The van der Waals surface area contributed by atoms with E-state index in [-0.39, 0.29) is 18.7 Å². The first-order chi connectivity index (χ1) is 11.6. The highest BCUT2D eigenvalue weighted by molar-refractivity contribution is 9.10. The molecule has 2 aliphatic heterocycles. The number of rotatable bonds is 4. The Labute approximate surface area is 148 Å². The average molecular weight is 395 g/mol. The van der Waals surface area contributed by atoms with E-state index in [1.807, 2.05) is 24.3 Å². The second-order valence-corrected chi connectivity index (χ2v) is 6.68. The molecule has 1 saturated heterocycles. The van der Waals surface area contributed by atoms with Crippen LogP contribution in [0.15, 0.2) is 40.0 Å². The zero-order valence-corrected chi connectivity index (χ0v) is 14.9.